The molecule has 2 aromatic carbocycles. The average Bonchev–Trinajstić information content (AvgIpc) is 3.22. The van der Waals surface area contributed by atoms with Gasteiger partial charge in [0.2, 0.25) is 5.82 Å². The van der Waals surface area contributed by atoms with Gasteiger partial charge in [-0.2, -0.15) is 9.90 Å². The number of rotatable bonds is 5. The molecule has 0 radical (unpaired) electrons. The van der Waals surface area contributed by atoms with E-state index in [4.69, 9.17) is 0 Å². The van der Waals surface area contributed by atoms with E-state index in [1.54, 1.807) is 16.9 Å². The van der Waals surface area contributed by atoms with Crippen LogP contribution in [0, 0.1) is 0 Å². The molecule has 0 saturated heterocycles. The second-order valence-electron chi connectivity index (χ2n) is 7.59. The van der Waals surface area contributed by atoms with Gasteiger partial charge in [-0.05, 0) is 48.6 Å². The third-order valence-corrected chi connectivity index (χ3v) is 5.27. The van der Waals surface area contributed by atoms with Gasteiger partial charge >= 0.3 is 0 Å². The molecule has 1 aliphatic carbocycles. The lowest BCUT2D eigenvalue weighted by Crippen LogP contribution is -2.20. The minimum absolute atomic E-state index is 0.179. The van der Waals surface area contributed by atoms with Crippen molar-refractivity contribution in [3.8, 4) is 11.4 Å². The van der Waals surface area contributed by atoms with Gasteiger partial charge in [0, 0.05) is 16.8 Å². The van der Waals surface area contributed by atoms with E-state index in [9.17, 15) is 4.79 Å². The lowest BCUT2D eigenvalue weighted by atomic mass is 9.99. The summed E-state index contributed by atoms with van der Waals surface area (Å²) < 4.78 is 0. The average molecular weight is 403 g/mol. The van der Waals surface area contributed by atoms with Crippen LogP contribution in [0.1, 0.15) is 60.9 Å². The second-order valence-corrected chi connectivity index (χ2v) is 7.59. The molecule has 1 aliphatic rings. The summed E-state index contributed by atoms with van der Waals surface area (Å²) in [6, 6.07) is 17.2. The van der Waals surface area contributed by atoms with Crippen LogP contribution in [-0.2, 0) is 6.54 Å². The van der Waals surface area contributed by atoms with Gasteiger partial charge in [0.05, 0.1) is 6.54 Å². The van der Waals surface area contributed by atoms with Crippen LogP contribution in [0.3, 0.4) is 0 Å². The molecule has 1 aromatic heterocycles. The molecular formula is C23H26N6O. The van der Waals surface area contributed by atoms with Gasteiger partial charge in [0.15, 0.2) is 0 Å². The predicted molar refractivity (Wildman–Crippen MR) is 116 cm³/mol. The van der Waals surface area contributed by atoms with Crippen LogP contribution in [0.2, 0.25) is 0 Å². The minimum Gasteiger partial charge on any atom is -0.267 e. The highest BCUT2D eigenvalue weighted by Gasteiger charge is 2.09. The molecule has 1 fully saturated rings. The predicted octanol–water partition coefficient (Wildman–Crippen LogP) is 4.22. The maximum Gasteiger partial charge on any atom is 0.271 e. The summed E-state index contributed by atoms with van der Waals surface area (Å²) in [5.41, 5.74) is 6.34. The summed E-state index contributed by atoms with van der Waals surface area (Å²) >= 11 is 0. The summed E-state index contributed by atoms with van der Waals surface area (Å²) in [5, 5.41) is 17.0. The Hall–Kier alpha value is -3.35. The number of hydrogen-bond donors (Lipinski definition) is 1. The van der Waals surface area contributed by atoms with Crippen LogP contribution in [0.25, 0.3) is 11.4 Å². The minimum atomic E-state index is -0.179. The molecule has 1 amide bonds. The first-order valence-electron chi connectivity index (χ1n) is 10.6. The Balaban J connectivity index is 1.34. The maximum absolute atomic E-state index is 12.4. The number of nitrogens with one attached hydrogen (secondary N) is 1. The Labute approximate surface area is 176 Å². The normalized spacial score (nSPS) is 14.6. The number of hydrogen-bond acceptors (Lipinski definition) is 5. The maximum atomic E-state index is 12.4. The molecule has 0 aliphatic heterocycles. The SMILES string of the molecule is O=C(NN=C1CCCCCCC1)c1ccc(Cn2nnc(-c3ccccc3)n2)cc1. The topological polar surface area (TPSA) is 85.1 Å². The van der Waals surface area contributed by atoms with Crippen LogP contribution in [0.5, 0.6) is 0 Å². The summed E-state index contributed by atoms with van der Waals surface area (Å²) in [6.45, 7) is 0.490. The van der Waals surface area contributed by atoms with E-state index in [0.717, 1.165) is 42.5 Å². The van der Waals surface area contributed by atoms with Crippen LogP contribution in [0.4, 0.5) is 0 Å². The zero-order chi connectivity index (χ0) is 20.6. The number of carbonyl (C=O) groups is 1. The molecule has 0 bridgehead atoms. The Morgan fingerprint density at radius 3 is 2.37 bits per heavy atom. The molecule has 1 N–H and O–H groups in total. The highest BCUT2D eigenvalue weighted by molar-refractivity contribution is 5.95. The first-order chi connectivity index (χ1) is 14.8. The zero-order valence-corrected chi connectivity index (χ0v) is 17.0. The van der Waals surface area contributed by atoms with E-state index >= 15 is 0 Å². The highest BCUT2D eigenvalue weighted by Crippen LogP contribution is 2.15. The van der Waals surface area contributed by atoms with Crippen molar-refractivity contribution >= 4 is 11.6 Å². The van der Waals surface area contributed by atoms with E-state index in [-0.39, 0.29) is 5.91 Å². The van der Waals surface area contributed by atoms with E-state index in [1.165, 1.54) is 19.3 Å². The lowest BCUT2D eigenvalue weighted by molar-refractivity contribution is 0.0954. The summed E-state index contributed by atoms with van der Waals surface area (Å²) in [7, 11) is 0. The fourth-order valence-electron chi connectivity index (χ4n) is 3.56. The van der Waals surface area contributed by atoms with E-state index in [1.807, 2.05) is 42.5 Å². The van der Waals surface area contributed by atoms with Crippen LogP contribution < -0.4 is 5.43 Å². The van der Waals surface area contributed by atoms with Gasteiger partial charge in [0.25, 0.3) is 5.91 Å². The van der Waals surface area contributed by atoms with Crippen molar-refractivity contribution in [3.63, 3.8) is 0 Å². The molecule has 7 heteroatoms. The molecule has 1 heterocycles. The molecular weight excluding hydrogens is 376 g/mol. The second kappa shape index (κ2) is 9.91. The number of nitrogens with zero attached hydrogens (tertiary/aromatic N) is 5. The number of amides is 1. The fraction of sp³-hybridized carbons (Fsp3) is 0.348. The van der Waals surface area contributed by atoms with E-state index in [0.29, 0.717) is 17.9 Å². The van der Waals surface area contributed by atoms with Gasteiger partial charge in [-0.25, -0.2) is 5.43 Å². The van der Waals surface area contributed by atoms with Gasteiger partial charge in [-0.3, -0.25) is 4.79 Å². The van der Waals surface area contributed by atoms with Crippen LogP contribution >= 0.6 is 0 Å². The third-order valence-electron chi connectivity index (χ3n) is 5.27. The Bertz CT molecular complexity index is 984. The van der Waals surface area contributed by atoms with Crippen molar-refractivity contribution < 1.29 is 4.79 Å². The van der Waals surface area contributed by atoms with Crippen LogP contribution in [-0.4, -0.2) is 31.8 Å². The molecule has 3 aromatic rings. The monoisotopic (exact) mass is 402 g/mol. The summed E-state index contributed by atoms with van der Waals surface area (Å²) in [6.07, 6.45) is 8.09. The first-order valence-corrected chi connectivity index (χ1v) is 10.6. The van der Waals surface area contributed by atoms with Crippen LogP contribution in [0.15, 0.2) is 59.7 Å². The molecule has 154 valence electrons. The van der Waals surface area contributed by atoms with Gasteiger partial charge in [-0.1, -0.05) is 61.7 Å². The Morgan fingerprint density at radius 1 is 0.933 bits per heavy atom. The van der Waals surface area contributed by atoms with Crippen molar-refractivity contribution in [2.75, 3.05) is 0 Å². The molecule has 4 rings (SSSR count). The first kappa shape index (κ1) is 19.9. The van der Waals surface area contributed by atoms with E-state index in [2.05, 4.69) is 25.9 Å². The quantitative estimate of drug-likeness (QED) is 0.648. The van der Waals surface area contributed by atoms with Crippen molar-refractivity contribution in [2.45, 2.75) is 51.5 Å². The zero-order valence-electron chi connectivity index (χ0n) is 17.0. The summed E-state index contributed by atoms with van der Waals surface area (Å²) in [5.74, 6) is 0.418. The molecule has 30 heavy (non-hydrogen) atoms. The lowest BCUT2D eigenvalue weighted by Gasteiger charge is -2.11. The standard InChI is InChI=1S/C23H26N6O/c30-23(26-24-21-11-7-2-1-3-8-12-21)20-15-13-18(14-16-20)17-29-27-22(25-28-29)19-9-5-4-6-10-19/h4-6,9-10,13-16H,1-3,7-8,11-12,17H2,(H,26,30). The molecule has 0 unspecified atom stereocenters. The number of carbonyl (C=O) groups excluding carboxylic acids is 1. The van der Waals surface area contributed by atoms with Gasteiger partial charge in [-0.15, -0.1) is 10.2 Å². The number of tetrazole rings is 1. The van der Waals surface area contributed by atoms with Gasteiger partial charge in [0.1, 0.15) is 0 Å². The highest BCUT2D eigenvalue weighted by atomic mass is 16.2. The molecule has 0 spiro atoms. The fourth-order valence-corrected chi connectivity index (χ4v) is 3.56. The molecule has 1 saturated carbocycles. The third kappa shape index (κ3) is 5.37. The largest absolute Gasteiger partial charge is 0.271 e. The van der Waals surface area contributed by atoms with Crippen molar-refractivity contribution in [1.29, 1.82) is 0 Å². The summed E-state index contributed by atoms with van der Waals surface area (Å²) in [4.78, 5) is 14.0. The number of aromatic nitrogens is 4. The Morgan fingerprint density at radius 2 is 1.63 bits per heavy atom. The number of hydrazone groups is 1. The molecule has 0 atom stereocenters. The number of benzene rings is 2. The van der Waals surface area contributed by atoms with E-state index < -0.39 is 0 Å². The van der Waals surface area contributed by atoms with Crippen molar-refractivity contribution in [3.05, 3.63) is 65.7 Å². The van der Waals surface area contributed by atoms with Crippen molar-refractivity contribution in [1.82, 2.24) is 25.6 Å². The smallest absolute Gasteiger partial charge is 0.267 e. The van der Waals surface area contributed by atoms with Gasteiger partial charge < -0.3 is 0 Å². The molecule has 7 nitrogen and oxygen atoms in total. The Kier molecular flexibility index (Phi) is 6.59. The van der Waals surface area contributed by atoms with Crippen molar-refractivity contribution in [2.24, 2.45) is 5.10 Å².